The van der Waals surface area contributed by atoms with Crippen molar-refractivity contribution in [3.05, 3.63) is 60.1 Å². The van der Waals surface area contributed by atoms with Crippen molar-refractivity contribution in [2.75, 3.05) is 19.9 Å². The highest BCUT2D eigenvalue weighted by Gasteiger charge is 2.14. The molecule has 0 atom stereocenters. The fourth-order valence-electron chi connectivity index (χ4n) is 3.05. The van der Waals surface area contributed by atoms with E-state index in [0.717, 1.165) is 17.0 Å². The lowest BCUT2D eigenvalue weighted by Gasteiger charge is -2.08. The van der Waals surface area contributed by atoms with Crippen molar-refractivity contribution >= 4 is 5.91 Å². The third-order valence-corrected chi connectivity index (χ3v) is 4.48. The second kappa shape index (κ2) is 8.68. The third kappa shape index (κ3) is 4.68. The maximum Gasteiger partial charge on any atom is 0.231 e. The van der Waals surface area contributed by atoms with Crippen molar-refractivity contribution in [2.45, 2.75) is 19.8 Å². The summed E-state index contributed by atoms with van der Waals surface area (Å²) in [5.74, 6) is 3.29. The molecule has 1 aromatic heterocycles. The van der Waals surface area contributed by atoms with Crippen LogP contribution in [0.2, 0.25) is 0 Å². The van der Waals surface area contributed by atoms with E-state index in [1.54, 1.807) is 12.1 Å². The zero-order chi connectivity index (χ0) is 20.1. The quantitative estimate of drug-likeness (QED) is 0.589. The molecule has 2 heterocycles. The van der Waals surface area contributed by atoms with Crippen LogP contribution in [-0.4, -0.2) is 30.8 Å². The van der Waals surface area contributed by atoms with Crippen LogP contribution in [0.3, 0.4) is 0 Å². The summed E-state index contributed by atoms with van der Waals surface area (Å²) in [5, 5.41) is 2.84. The Balaban J connectivity index is 1.20. The van der Waals surface area contributed by atoms with Crippen LogP contribution in [0.4, 0.5) is 0 Å². The van der Waals surface area contributed by atoms with Crippen LogP contribution in [0.15, 0.2) is 52.9 Å². The number of oxazole rings is 1. The molecule has 0 saturated heterocycles. The number of carbonyl (C=O) groups is 1. The molecule has 4 rings (SSSR count). The van der Waals surface area contributed by atoms with Crippen LogP contribution in [0.1, 0.15) is 18.0 Å². The normalized spacial score (nSPS) is 12.0. The largest absolute Gasteiger partial charge is 0.492 e. The van der Waals surface area contributed by atoms with Gasteiger partial charge < -0.3 is 23.9 Å². The van der Waals surface area contributed by atoms with Gasteiger partial charge in [-0.15, -0.1) is 0 Å². The van der Waals surface area contributed by atoms with Gasteiger partial charge in [0.05, 0.1) is 12.2 Å². The molecule has 0 aliphatic carbocycles. The molecule has 1 N–H and O–H groups in total. The van der Waals surface area contributed by atoms with Crippen molar-refractivity contribution in [3.8, 4) is 28.6 Å². The number of benzene rings is 2. The first-order valence-electron chi connectivity index (χ1n) is 9.50. The number of carbonyl (C=O) groups excluding carboxylic acids is 1. The van der Waals surface area contributed by atoms with Crippen molar-refractivity contribution < 1.29 is 23.4 Å². The van der Waals surface area contributed by atoms with Crippen LogP contribution in [0.25, 0.3) is 11.3 Å². The average molecular weight is 394 g/mol. The fourth-order valence-corrected chi connectivity index (χ4v) is 3.05. The highest BCUT2D eigenvalue weighted by Crippen LogP contribution is 2.35. The molecule has 7 nitrogen and oxygen atoms in total. The van der Waals surface area contributed by atoms with Crippen LogP contribution in [0, 0.1) is 6.92 Å². The number of rotatable bonds is 8. The van der Waals surface area contributed by atoms with E-state index in [4.69, 9.17) is 18.6 Å². The highest BCUT2D eigenvalue weighted by atomic mass is 16.7. The summed E-state index contributed by atoms with van der Waals surface area (Å²) in [6.45, 7) is 2.91. The zero-order valence-corrected chi connectivity index (χ0v) is 16.1. The fraction of sp³-hybridized carbons (Fsp3) is 0.273. The topological polar surface area (TPSA) is 82.8 Å². The minimum Gasteiger partial charge on any atom is -0.492 e. The Morgan fingerprint density at radius 3 is 2.83 bits per heavy atom. The number of fused-ring (bicyclic) bond motifs is 1. The van der Waals surface area contributed by atoms with E-state index < -0.39 is 0 Å². The molecule has 3 aromatic rings. The first-order valence-corrected chi connectivity index (χ1v) is 9.50. The van der Waals surface area contributed by atoms with E-state index in [2.05, 4.69) is 10.3 Å². The van der Waals surface area contributed by atoms with Gasteiger partial charge in [-0.25, -0.2) is 4.98 Å². The second-order valence-corrected chi connectivity index (χ2v) is 6.60. The van der Waals surface area contributed by atoms with Crippen LogP contribution in [0.5, 0.6) is 17.2 Å². The lowest BCUT2D eigenvalue weighted by molar-refractivity contribution is -0.121. The first kappa shape index (κ1) is 18.9. The molecular formula is C22H22N2O5. The van der Waals surface area contributed by atoms with Crippen LogP contribution in [-0.2, 0) is 11.2 Å². The standard InChI is InChI=1S/C22H22N2O5/c1-15-22(16-5-3-2-4-6-16)29-21(24-15)10-9-20(25)23-11-12-26-17-7-8-18-19(13-17)28-14-27-18/h2-8,13H,9-12,14H2,1H3,(H,23,25). The minimum absolute atomic E-state index is 0.0728. The summed E-state index contributed by atoms with van der Waals surface area (Å²) in [6, 6.07) is 15.2. The van der Waals surface area contributed by atoms with Gasteiger partial charge in [0.25, 0.3) is 0 Å². The summed E-state index contributed by atoms with van der Waals surface area (Å²) in [6.07, 6.45) is 0.751. The van der Waals surface area contributed by atoms with Gasteiger partial charge in [-0.1, -0.05) is 30.3 Å². The number of ether oxygens (including phenoxy) is 3. The molecule has 7 heteroatoms. The van der Waals surface area contributed by atoms with Gasteiger partial charge in [0.15, 0.2) is 23.1 Å². The van der Waals surface area contributed by atoms with Crippen molar-refractivity contribution in [1.29, 1.82) is 0 Å². The molecule has 1 aliphatic heterocycles. The first-order chi connectivity index (χ1) is 14.2. The maximum atomic E-state index is 12.1. The lowest BCUT2D eigenvalue weighted by Crippen LogP contribution is -2.28. The summed E-state index contributed by atoms with van der Waals surface area (Å²) in [7, 11) is 0. The van der Waals surface area contributed by atoms with Gasteiger partial charge in [-0.3, -0.25) is 4.79 Å². The molecule has 0 unspecified atom stereocenters. The number of aromatic nitrogens is 1. The third-order valence-electron chi connectivity index (χ3n) is 4.48. The van der Waals surface area contributed by atoms with E-state index in [0.29, 0.717) is 49.1 Å². The van der Waals surface area contributed by atoms with Gasteiger partial charge in [0.2, 0.25) is 12.7 Å². The Hall–Kier alpha value is -3.48. The molecule has 29 heavy (non-hydrogen) atoms. The monoisotopic (exact) mass is 394 g/mol. The molecule has 0 fully saturated rings. The van der Waals surface area contributed by atoms with E-state index in [1.807, 2.05) is 43.3 Å². The van der Waals surface area contributed by atoms with Crippen molar-refractivity contribution in [2.24, 2.45) is 0 Å². The van der Waals surface area contributed by atoms with E-state index >= 15 is 0 Å². The van der Waals surface area contributed by atoms with E-state index in [-0.39, 0.29) is 12.7 Å². The Labute approximate surface area is 168 Å². The molecular weight excluding hydrogens is 372 g/mol. The van der Waals surface area contributed by atoms with Crippen LogP contribution >= 0.6 is 0 Å². The summed E-state index contributed by atoms with van der Waals surface area (Å²) in [5.41, 5.74) is 1.80. The summed E-state index contributed by atoms with van der Waals surface area (Å²) >= 11 is 0. The minimum atomic E-state index is -0.0728. The molecule has 150 valence electrons. The highest BCUT2D eigenvalue weighted by molar-refractivity contribution is 5.76. The predicted octanol–water partition coefficient (Wildman–Crippen LogP) is 3.51. The number of nitrogens with one attached hydrogen (secondary N) is 1. The number of hydrogen-bond acceptors (Lipinski definition) is 6. The summed E-state index contributed by atoms with van der Waals surface area (Å²) in [4.78, 5) is 16.5. The maximum absolute atomic E-state index is 12.1. The SMILES string of the molecule is Cc1nc(CCC(=O)NCCOc2ccc3c(c2)OCO3)oc1-c1ccccc1. The number of amides is 1. The van der Waals surface area contributed by atoms with Gasteiger partial charge in [0, 0.05) is 24.5 Å². The second-order valence-electron chi connectivity index (χ2n) is 6.60. The van der Waals surface area contributed by atoms with Gasteiger partial charge in [0.1, 0.15) is 12.4 Å². The van der Waals surface area contributed by atoms with E-state index in [9.17, 15) is 4.79 Å². The van der Waals surface area contributed by atoms with Gasteiger partial charge in [-0.2, -0.15) is 0 Å². The van der Waals surface area contributed by atoms with E-state index in [1.165, 1.54) is 0 Å². The van der Waals surface area contributed by atoms with Gasteiger partial charge in [-0.05, 0) is 19.1 Å². The number of hydrogen-bond donors (Lipinski definition) is 1. The molecule has 0 saturated carbocycles. The smallest absolute Gasteiger partial charge is 0.231 e. The number of nitrogens with zero attached hydrogens (tertiary/aromatic N) is 1. The molecule has 2 aromatic carbocycles. The molecule has 0 bridgehead atoms. The predicted molar refractivity (Wildman–Crippen MR) is 106 cm³/mol. The average Bonchev–Trinajstić information content (AvgIpc) is 3.36. The Morgan fingerprint density at radius 2 is 1.97 bits per heavy atom. The summed E-state index contributed by atoms with van der Waals surface area (Å²) < 4.78 is 22.0. The van der Waals surface area contributed by atoms with Gasteiger partial charge >= 0.3 is 0 Å². The molecule has 0 radical (unpaired) electrons. The Bertz CT molecular complexity index is 984. The molecule has 1 amide bonds. The Morgan fingerprint density at radius 1 is 1.14 bits per heavy atom. The van der Waals surface area contributed by atoms with Crippen molar-refractivity contribution in [3.63, 3.8) is 0 Å². The van der Waals surface area contributed by atoms with Crippen molar-refractivity contribution in [1.82, 2.24) is 10.3 Å². The molecule has 0 spiro atoms. The zero-order valence-electron chi connectivity index (χ0n) is 16.1. The molecule has 1 aliphatic rings. The number of aryl methyl sites for hydroxylation is 2. The lowest BCUT2D eigenvalue weighted by atomic mass is 10.1. The van der Waals surface area contributed by atoms with Crippen LogP contribution < -0.4 is 19.5 Å². The Kier molecular flexibility index (Phi) is 5.65.